The summed E-state index contributed by atoms with van der Waals surface area (Å²) < 4.78 is 24.5. The molecule has 0 heterocycles. The van der Waals surface area contributed by atoms with Gasteiger partial charge in [-0.25, -0.2) is 0 Å². The van der Waals surface area contributed by atoms with Gasteiger partial charge in [-0.1, -0.05) is 30.0 Å². The molecule has 1 N–H and O–H groups in total. The van der Waals surface area contributed by atoms with E-state index in [2.05, 4.69) is 22.3 Å². The number of hydrogen-bond acceptors (Lipinski definition) is 3. The van der Waals surface area contributed by atoms with Crippen LogP contribution in [-0.2, 0) is 0 Å². The molecular formula is C19H22F2N2OS. The predicted molar refractivity (Wildman–Crippen MR) is 99.6 cm³/mol. The van der Waals surface area contributed by atoms with E-state index in [1.807, 2.05) is 25.2 Å². The zero-order valence-electron chi connectivity index (χ0n) is 14.1. The van der Waals surface area contributed by atoms with Crippen LogP contribution in [0.1, 0.15) is 23.2 Å². The van der Waals surface area contributed by atoms with E-state index >= 15 is 0 Å². The summed E-state index contributed by atoms with van der Waals surface area (Å²) in [6.45, 7) is 1.51. The third kappa shape index (κ3) is 6.74. The molecule has 134 valence electrons. The maximum absolute atomic E-state index is 12.3. The number of rotatable bonds is 9. The first kappa shape index (κ1) is 19.2. The summed E-state index contributed by atoms with van der Waals surface area (Å²) in [6, 6.07) is 16.4. The van der Waals surface area contributed by atoms with Crippen molar-refractivity contribution >= 4 is 23.4 Å². The topological polar surface area (TPSA) is 32.3 Å². The highest BCUT2D eigenvalue weighted by Crippen LogP contribution is 2.25. The van der Waals surface area contributed by atoms with Crippen molar-refractivity contribution in [2.45, 2.75) is 23.5 Å². The van der Waals surface area contributed by atoms with Crippen LogP contribution in [0.25, 0.3) is 0 Å². The van der Waals surface area contributed by atoms with Crippen molar-refractivity contribution in [3.8, 4) is 0 Å². The molecule has 0 saturated heterocycles. The summed E-state index contributed by atoms with van der Waals surface area (Å²) in [6.07, 6.45) is 1.85. The number of para-hydroxylation sites is 1. The van der Waals surface area contributed by atoms with E-state index in [0.29, 0.717) is 28.8 Å². The number of nitrogens with one attached hydrogen (secondary N) is 1. The Kier molecular flexibility index (Phi) is 7.73. The molecule has 0 aliphatic carbocycles. The van der Waals surface area contributed by atoms with Crippen molar-refractivity contribution in [2.24, 2.45) is 0 Å². The average Bonchev–Trinajstić information content (AvgIpc) is 2.62. The number of amides is 1. The highest BCUT2D eigenvalue weighted by molar-refractivity contribution is 7.99. The molecule has 25 heavy (non-hydrogen) atoms. The smallest absolute Gasteiger partial charge is 0.288 e. The second-order valence-electron chi connectivity index (χ2n) is 5.62. The normalized spacial score (nSPS) is 10.7. The van der Waals surface area contributed by atoms with E-state index in [-0.39, 0.29) is 5.91 Å². The third-order valence-electron chi connectivity index (χ3n) is 3.74. The number of unbranched alkanes of at least 4 members (excludes halogenated alkanes) is 1. The van der Waals surface area contributed by atoms with Crippen LogP contribution in [0.5, 0.6) is 0 Å². The molecule has 0 unspecified atom stereocenters. The molecule has 0 spiro atoms. The van der Waals surface area contributed by atoms with E-state index < -0.39 is 5.76 Å². The lowest BCUT2D eigenvalue weighted by Crippen LogP contribution is -2.25. The molecule has 0 aliphatic rings. The fraction of sp³-hybridized carbons (Fsp3) is 0.316. The van der Waals surface area contributed by atoms with Crippen LogP contribution in [0, 0.1) is 0 Å². The lowest BCUT2D eigenvalue weighted by atomic mass is 10.2. The lowest BCUT2D eigenvalue weighted by Gasteiger charge is -2.19. The summed E-state index contributed by atoms with van der Waals surface area (Å²) in [4.78, 5) is 14.7. The maximum Gasteiger partial charge on any atom is 0.288 e. The summed E-state index contributed by atoms with van der Waals surface area (Å²) in [5, 5.41) is 2.86. The number of hydrogen-bond donors (Lipinski definition) is 1. The van der Waals surface area contributed by atoms with Gasteiger partial charge in [0.2, 0.25) is 0 Å². The molecule has 6 heteroatoms. The first-order chi connectivity index (χ1) is 12.1. The van der Waals surface area contributed by atoms with Gasteiger partial charge in [0.15, 0.2) is 0 Å². The first-order valence-electron chi connectivity index (χ1n) is 8.15. The van der Waals surface area contributed by atoms with E-state index in [1.165, 1.54) is 5.69 Å². The van der Waals surface area contributed by atoms with Crippen molar-refractivity contribution in [3.05, 3.63) is 60.2 Å². The summed E-state index contributed by atoms with van der Waals surface area (Å²) in [7, 11) is 2.05. The van der Waals surface area contributed by atoms with E-state index in [4.69, 9.17) is 0 Å². The predicted octanol–water partition coefficient (Wildman–Crippen LogP) is 4.65. The molecule has 2 aromatic rings. The second-order valence-corrected chi connectivity index (χ2v) is 6.69. The second kappa shape index (κ2) is 10.0. The molecule has 2 aromatic carbocycles. The SMILES string of the molecule is CN(CCCCNC(=O)c1ccc(SC(F)F)cc1)c1ccccc1. The molecule has 0 aliphatic heterocycles. The van der Waals surface area contributed by atoms with Gasteiger partial charge in [-0.05, 0) is 49.2 Å². The Morgan fingerprint density at radius 3 is 2.40 bits per heavy atom. The third-order valence-corrected chi connectivity index (χ3v) is 4.47. The number of anilines is 1. The van der Waals surface area contributed by atoms with Crippen molar-refractivity contribution in [2.75, 3.05) is 25.0 Å². The molecular weight excluding hydrogens is 342 g/mol. The van der Waals surface area contributed by atoms with Gasteiger partial charge in [0.1, 0.15) is 0 Å². The van der Waals surface area contributed by atoms with E-state index in [1.54, 1.807) is 24.3 Å². The van der Waals surface area contributed by atoms with E-state index in [9.17, 15) is 13.6 Å². The van der Waals surface area contributed by atoms with Gasteiger partial charge >= 0.3 is 0 Å². The van der Waals surface area contributed by atoms with Crippen molar-refractivity contribution in [1.82, 2.24) is 5.32 Å². The Morgan fingerprint density at radius 1 is 1.08 bits per heavy atom. The minimum absolute atomic E-state index is 0.176. The number of thioether (sulfide) groups is 1. The van der Waals surface area contributed by atoms with Crippen LogP contribution in [0.15, 0.2) is 59.5 Å². The van der Waals surface area contributed by atoms with Gasteiger partial charge < -0.3 is 10.2 Å². The van der Waals surface area contributed by atoms with Gasteiger partial charge in [0.25, 0.3) is 11.7 Å². The summed E-state index contributed by atoms with van der Waals surface area (Å²) in [5.41, 5.74) is 1.66. The number of alkyl halides is 2. The maximum atomic E-state index is 12.3. The molecule has 0 bridgehead atoms. The highest BCUT2D eigenvalue weighted by Gasteiger charge is 2.08. The zero-order valence-corrected chi connectivity index (χ0v) is 14.9. The van der Waals surface area contributed by atoms with Crippen molar-refractivity contribution in [1.29, 1.82) is 0 Å². The standard InChI is InChI=1S/C19H22F2N2OS/c1-23(16-7-3-2-4-8-16)14-6-5-13-22-18(24)15-9-11-17(12-10-15)25-19(20)21/h2-4,7-12,19H,5-6,13-14H2,1H3,(H,22,24). The van der Waals surface area contributed by atoms with Gasteiger partial charge in [-0.3, -0.25) is 4.79 Å². The number of halogens is 2. The summed E-state index contributed by atoms with van der Waals surface area (Å²) in [5.74, 6) is -2.63. The Balaban J connectivity index is 1.66. The quantitative estimate of drug-likeness (QED) is 0.519. The number of carbonyl (C=O) groups is 1. The molecule has 3 nitrogen and oxygen atoms in total. The minimum Gasteiger partial charge on any atom is -0.375 e. The Labute approximate surface area is 151 Å². The molecule has 0 fully saturated rings. The van der Waals surface area contributed by atoms with Crippen LogP contribution < -0.4 is 10.2 Å². The van der Waals surface area contributed by atoms with E-state index in [0.717, 1.165) is 19.4 Å². The molecule has 0 radical (unpaired) electrons. The van der Waals surface area contributed by atoms with Crippen molar-refractivity contribution in [3.63, 3.8) is 0 Å². The van der Waals surface area contributed by atoms with Gasteiger partial charge in [-0.15, -0.1) is 0 Å². The number of benzene rings is 2. The van der Waals surface area contributed by atoms with Crippen molar-refractivity contribution < 1.29 is 13.6 Å². The summed E-state index contributed by atoms with van der Waals surface area (Å²) >= 11 is 0.474. The van der Waals surface area contributed by atoms with Crippen LogP contribution in [0.2, 0.25) is 0 Å². The molecule has 0 saturated carbocycles. The fourth-order valence-electron chi connectivity index (χ4n) is 2.38. The Hall–Kier alpha value is -2.08. The first-order valence-corrected chi connectivity index (χ1v) is 9.03. The van der Waals surface area contributed by atoms with Crippen LogP contribution in [0.4, 0.5) is 14.5 Å². The largest absolute Gasteiger partial charge is 0.375 e. The highest BCUT2D eigenvalue weighted by atomic mass is 32.2. The lowest BCUT2D eigenvalue weighted by molar-refractivity contribution is 0.0953. The molecule has 2 rings (SSSR count). The monoisotopic (exact) mass is 364 g/mol. The molecule has 1 amide bonds. The average molecular weight is 364 g/mol. The Morgan fingerprint density at radius 2 is 1.76 bits per heavy atom. The Bertz CT molecular complexity index is 650. The fourth-order valence-corrected chi connectivity index (χ4v) is 2.88. The van der Waals surface area contributed by atoms with Gasteiger partial charge in [-0.2, -0.15) is 8.78 Å². The van der Waals surface area contributed by atoms with Crippen LogP contribution >= 0.6 is 11.8 Å². The van der Waals surface area contributed by atoms with Crippen LogP contribution in [-0.4, -0.2) is 31.8 Å². The molecule has 0 aromatic heterocycles. The van der Waals surface area contributed by atoms with Crippen LogP contribution in [0.3, 0.4) is 0 Å². The van der Waals surface area contributed by atoms with Gasteiger partial charge in [0.05, 0.1) is 0 Å². The number of carbonyl (C=O) groups excluding carboxylic acids is 1. The minimum atomic E-state index is -2.45. The van der Waals surface area contributed by atoms with Gasteiger partial charge in [0, 0.05) is 36.3 Å². The molecule has 0 atom stereocenters. The zero-order chi connectivity index (χ0) is 18.1. The number of nitrogens with zero attached hydrogens (tertiary/aromatic N) is 1.